The number of ether oxygens (including phenoxy) is 2. The smallest absolute Gasteiger partial charge is 0.276 e. The van der Waals surface area contributed by atoms with Crippen molar-refractivity contribution in [3.63, 3.8) is 0 Å². The number of amides is 1. The first-order valence-corrected chi connectivity index (χ1v) is 7.96. The summed E-state index contributed by atoms with van der Waals surface area (Å²) in [6, 6.07) is 6.45. The SMILES string of the molecule is COc1cc(NC(=O)c2ccc(NC(C)(C)C)nn2)c(OC)cc1Cl. The van der Waals surface area contributed by atoms with Crippen molar-refractivity contribution in [3.8, 4) is 11.5 Å². The molecule has 0 fully saturated rings. The zero-order valence-corrected chi connectivity index (χ0v) is 15.6. The topological polar surface area (TPSA) is 85.4 Å². The molecule has 7 nitrogen and oxygen atoms in total. The predicted molar refractivity (Wildman–Crippen MR) is 97.9 cm³/mol. The van der Waals surface area contributed by atoms with Gasteiger partial charge in [0.2, 0.25) is 0 Å². The average Bonchev–Trinajstić information content (AvgIpc) is 2.55. The Morgan fingerprint density at radius 3 is 2.28 bits per heavy atom. The molecule has 8 heteroatoms. The standard InChI is InChI=1S/C17H21ClN4O3/c1-17(2,3)20-15-7-6-11(21-22-15)16(23)19-12-9-13(24-4)10(18)8-14(12)25-5/h6-9H,1-5H3,(H,19,23)(H,20,22). The molecule has 134 valence electrons. The van der Waals surface area contributed by atoms with Crippen LogP contribution in [0, 0.1) is 0 Å². The summed E-state index contributed by atoms with van der Waals surface area (Å²) < 4.78 is 10.4. The summed E-state index contributed by atoms with van der Waals surface area (Å²) in [5, 5.41) is 14.3. The highest BCUT2D eigenvalue weighted by Crippen LogP contribution is 2.36. The Kier molecular flexibility index (Phi) is 5.69. The zero-order valence-electron chi connectivity index (χ0n) is 14.8. The lowest BCUT2D eigenvalue weighted by Gasteiger charge is -2.20. The molecule has 2 aromatic rings. The highest BCUT2D eigenvalue weighted by molar-refractivity contribution is 6.32. The van der Waals surface area contributed by atoms with Crippen molar-refractivity contribution in [2.24, 2.45) is 0 Å². The van der Waals surface area contributed by atoms with Crippen LogP contribution in [0.4, 0.5) is 11.5 Å². The Hall–Kier alpha value is -2.54. The van der Waals surface area contributed by atoms with Crippen LogP contribution in [-0.2, 0) is 0 Å². The highest BCUT2D eigenvalue weighted by Gasteiger charge is 2.16. The normalized spacial score (nSPS) is 11.0. The van der Waals surface area contributed by atoms with E-state index >= 15 is 0 Å². The van der Waals surface area contributed by atoms with E-state index in [0.717, 1.165) is 0 Å². The summed E-state index contributed by atoms with van der Waals surface area (Å²) in [5.41, 5.74) is 0.453. The van der Waals surface area contributed by atoms with Gasteiger partial charge in [-0.05, 0) is 32.9 Å². The fourth-order valence-corrected chi connectivity index (χ4v) is 2.28. The Balaban J connectivity index is 2.19. The summed E-state index contributed by atoms with van der Waals surface area (Å²) in [7, 11) is 2.98. The lowest BCUT2D eigenvalue weighted by Crippen LogP contribution is -2.27. The first-order chi connectivity index (χ1) is 11.7. The number of carbonyl (C=O) groups excluding carboxylic acids is 1. The van der Waals surface area contributed by atoms with Gasteiger partial charge in [0.05, 0.1) is 24.9 Å². The van der Waals surface area contributed by atoms with Gasteiger partial charge >= 0.3 is 0 Å². The van der Waals surface area contributed by atoms with Gasteiger partial charge in [-0.3, -0.25) is 4.79 Å². The van der Waals surface area contributed by atoms with Gasteiger partial charge in [0.25, 0.3) is 5.91 Å². The molecule has 0 spiro atoms. The summed E-state index contributed by atoms with van der Waals surface area (Å²) in [6.45, 7) is 6.03. The maximum absolute atomic E-state index is 12.4. The Morgan fingerprint density at radius 2 is 1.76 bits per heavy atom. The van der Waals surface area contributed by atoms with Gasteiger partial charge in [0, 0.05) is 17.7 Å². The van der Waals surface area contributed by atoms with Crippen LogP contribution in [0.3, 0.4) is 0 Å². The van der Waals surface area contributed by atoms with E-state index in [1.807, 2.05) is 20.8 Å². The molecule has 0 aliphatic heterocycles. The molecule has 0 aliphatic carbocycles. The van der Waals surface area contributed by atoms with Gasteiger partial charge in [0.1, 0.15) is 17.3 Å². The molecule has 0 atom stereocenters. The van der Waals surface area contributed by atoms with Crippen molar-refractivity contribution in [3.05, 3.63) is 35.0 Å². The van der Waals surface area contributed by atoms with E-state index in [9.17, 15) is 4.79 Å². The molecule has 0 bridgehead atoms. The molecule has 1 aromatic heterocycles. The number of methoxy groups -OCH3 is 2. The second kappa shape index (κ2) is 7.57. The molecular formula is C17H21ClN4O3. The van der Waals surface area contributed by atoms with Gasteiger partial charge in [-0.15, -0.1) is 10.2 Å². The monoisotopic (exact) mass is 364 g/mol. The van der Waals surface area contributed by atoms with Gasteiger partial charge in [-0.2, -0.15) is 0 Å². The number of carbonyl (C=O) groups is 1. The van der Waals surface area contributed by atoms with Crippen molar-refractivity contribution < 1.29 is 14.3 Å². The Labute approximate surface area is 151 Å². The molecule has 1 amide bonds. The van der Waals surface area contributed by atoms with E-state index in [-0.39, 0.29) is 11.2 Å². The quantitative estimate of drug-likeness (QED) is 0.843. The van der Waals surface area contributed by atoms with Crippen molar-refractivity contribution in [2.45, 2.75) is 26.3 Å². The second-order valence-electron chi connectivity index (χ2n) is 6.32. The number of benzene rings is 1. The number of hydrogen-bond acceptors (Lipinski definition) is 6. The van der Waals surface area contributed by atoms with Crippen LogP contribution in [0.15, 0.2) is 24.3 Å². The van der Waals surface area contributed by atoms with Crippen molar-refractivity contribution in [1.82, 2.24) is 10.2 Å². The van der Waals surface area contributed by atoms with Gasteiger partial charge in [0.15, 0.2) is 5.69 Å². The minimum Gasteiger partial charge on any atom is -0.495 e. The van der Waals surface area contributed by atoms with Crippen molar-refractivity contribution in [2.75, 3.05) is 24.9 Å². The number of hydrogen-bond donors (Lipinski definition) is 2. The molecule has 0 saturated carbocycles. The first kappa shape index (κ1) is 18.8. The first-order valence-electron chi connectivity index (χ1n) is 7.58. The molecule has 0 radical (unpaired) electrons. The minimum atomic E-state index is -0.419. The van der Waals surface area contributed by atoms with Crippen molar-refractivity contribution >= 4 is 29.0 Å². The van der Waals surface area contributed by atoms with E-state index in [4.69, 9.17) is 21.1 Å². The molecule has 1 heterocycles. The van der Waals surface area contributed by atoms with Gasteiger partial charge in [-0.25, -0.2) is 0 Å². The average molecular weight is 365 g/mol. The second-order valence-corrected chi connectivity index (χ2v) is 6.73. The Bertz CT molecular complexity index is 758. The van der Waals surface area contributed by atoms with Crippen LogP contribution in [0.1, 0.15) is 31.3 Å². The Morgan fingerprint density at radius 1 is 1.08 bits per heavy atom. The third-order valence-corrected chi connectivity index (χ3v) is 3.42. The molecule has 25 heavy (non-hydrogen) atoms. The molecule has 2 N–H and O–H groups in total. The molecule has 0 aliphatic rings. The third kappa shape index (κ3) is 4.96. The number of halogens is 1. The van der Waals surface area contributed by atoms with E-state index in [2.05, 4.69) is 20.8 Å². The van der Waals surface area contributed by atoms with Crippen LogP contribution in [0.2, 0.25) is 5.02 Å². The lowest BCUT2D eigenvalue weighted by molar-refractivity contribution is 0.102. The van der Waals surface area contributed by atoms with Crippen LogP contribution < -0.4 is 20.1 Å². The number of rotatable bonds is 5. The molecule has 2 rings (SSSR count). The molecule has 1 aromatic carbocycles. The number of anilines is 2. The maximum Gasteiger partial charge on any atom is 0.276 e. The minimum absolute atomic E-state index is 0.147. The van der Waals surface area contributed by atoms with Crippen LogP contribution >= 0.6 is 11.6 Å². The van der Waals surface area contributed by atoms with E-state index in [1.54, 1.807) is 24.3 Å². The number of nitrogens with one attached hydrogen (secondary N) is 2. The van der Waals surface area contributed by atoms with E-state index in [1.165, 1.54) is 14.2 Å². The summed E-state index contributed by atoms with van der Waals surface area (Å²) in [6.07, 6.45) is 0. The predicted octanol–water partition coefficient (Wildman–Crippen LogP) is 3.61. The van der Waals surface area contributed by atoms with E-state index < -0.39 is 5.91 Å². The molecule has 0 saturated heterocycles. The van der Waals surface area contributed by atoms with Gasteiger partial charge < -0.3 is 20.1 Å². The molecular weight excluding hydrogens is 344 g/mol. The van der Waals surface area contributed by atoms with Crippen LogP contribution in [0.5, 0.6) is 11.5 Å². The number of nitrogens with zero attached hydrogens (tertiary/aromatic N) is 2. The van der Waals surface area contributed by atoms with Gasteiger partial charge in [-0.1, -0.05) is 11.6 Å². The number of aromatic nitrogens is 2. The highest BCUT2D eigenvalue weighted by atomic mass is 35.5. The van der Waals surface area contributed by atoms with Crippen molar-refractivity contribution in [1.29, 1.82) is 0 Å². The third-order valence-electron chi connectivity index (χ3n) is 3.12. The lowest BCUT2D eigenvalue weighted by atomic mass is 10.1. The fourth-order valence-electron chi connectivity index (χ4n) is 2.05. The maximum atomic E-state index is 12.4. The fraction of sp³-hybridized carbons (Fsp3) is 0.353. The van der Waals surface area contributed by atoms with Crippen LogP contribution in [-0.4, -0.2) is 35.9 Å². The molecule has 0 unspecified atom stereocenters. The van der Waals surface area contributed by atoms with Crippen LogP contribution in [0.25, 0.3) is 0 Å². The summed E-state index contributed by atoms with van der Waals surface area (Å²) in [4.78, 5) is 12.4. The summed E-state index contributed by atoms with van der Waals surface area (Å²) in [5.74, 6) is 1.01. The summed E-state index contributed by atoms with van der Waals surface area (Å²) >= 11 is 6.06. The van der Waals surface area contributed by atoms with E-state index in [0.29, 0.717) is 28.0 Å². The zero-order chi connectivity index (χ0) is 18.6. The largest absolute Gasteiger partial charge is 0.495 e.